The number of ether oxygens (including phenoxy) is 1. The molecule has 0 aromatic heterocycles. The molecule has 4 rings (SSSR count). The third kappa shape index (κ3) is 5.34. The molecule has 0 spiro atoms. The summed E-state index contributed by atoms with van der Waals surface area (Å²) in [5, 5.41) is 21.4. The normalized spacial score (nSPS) is 12.8. The lowest BCUT2D eigenvalue weighted by molar-refractivity contribution is -0.118. The number of benzene rings is 3. The lowest BCUT2D eigenvalue weighted by atomic mass is 9.79. The van der Waals surface area contributed by atoms with Crippen molar-refractivity contribution in [3.8, 4) is 5.75 Å². The van der Waals surface area contributed by atoms with Gasteiger partial charge in [-0.2, -0.15) is 0 Å². The van der Waals surface area contributed by atoms with Crippen molar-refractivity contribution >= 4 is 39.9 Å². The summed E-state index contributed by atoms with van der Waals surface area (Å²) in [7, 11) is -5.26. The van der Waals surface area contributed by atoms with E-state index in [1.807, 2.05) is 30.3 Å². The lowest BCUT2D eigenvalue weighted by Gasteiger charge is -2.15. The molecule has 4 N–H and O–H groups in total. The fraction of sp³-hybridized carbons (Fsp3) is 0.136. The Morgan fingerprint density at radius 2 is 1.88 bits per heavy atom. The molecular formula is C22H21BN2O7S. The van der Waals surface area contributed by atoms with E-state index in [0.29, 0.717) is 11.2 Å². The van der Waals surface area contributed by atoms with Crippen molar-refractivity contribution in [2.75, 3.05) is 16.6 Å². The predicted molar refractivity (Wildman–Crippen MR) is 123 cm³/mol. The Labute approximate surface area is 191 Å². The standard InChI is InChI=1S/C22H21BN2O7S/c26-12-22(27)24-20-11-18(31-13-15-4-2-1-3-5-15)8-9-21(20)33(29,30)25-17-7-6-16-14-32-23(28)19(16)10-17/h1-11,25-26,28H,12-14H2,(H,24,27). The van der Waals surface area contributed by atoms with Crippen molar-refractivity contribution in [1.29, 1.82) is 0 Å². The molecule has 3 aromatic carbocycles. The number of fused-ring (bicyclic) bond motifs is 1. The summed E-state index contributed by atoms with van der Waals surface area (Å²) in [6.45, 7) is -0.325. The minimum Gasteiger partial charge on any atom is -0.489 e. The maximum Gasteiger partial charge on any atom is 0.491 e. The van der Waals surface area contributed by atoms with Crippen LogP contribution in [0.1, 0.15) is 11.1 Å². The average Bonchev–Trinajstić information content (AvgIpc) is 3.18. The molecule has 9 nitrogen and oxygen atoms in total. The Balaban J connectivity index is 1.60. The molecule has 0 radical (unpaired) electrons. The van der Waals surface area contributed by atoms with Crippen LogP contribution in [-0.2, 0) is 32.7 Å². The average molecular weight is 468 g/mol. The van der Waals surface area contributed by atoms with E-state index in [0.717, 1.165) is 11.1 Å². The van der Waals surface area contributed by atoms with Crippen LogP contribution in [0.4, 0.5) is 11.4 Å². The molecule has 1 aliphatic heterocycles. The molecule has 0 bridgehead atoms. The van der Waals surface area contributed by atoms with Gasteiger partial charge < -0.3 is 24.8 Å². The van der Waals surface area contributed by atoms with Gasteiger partial charge in [0.1, 0.15) is 23.9 Å². The molecule has 1 amide bonds. The number of aliphatic hydroxyl groups excluding tert-OH is 1. The maximum absolute atomic E-state index is 13.1. The summed E-state index contributed by atoms with van der Waals surface area (Å²) in [6, 6.07) is 18.3. The van der Waals surface area contributed by atoms with Crippen LogP contribution in [0.2, 0.25) is 0 Å². The van der Waals surface area contributed by atoms with Gasteiger partial charge >= 0.3 is 7.12 Å². The van der Waals surface area contributed by atoms with E-state index in [1.165, 1.54) is 24.3 Å². The first-order valence-corrected chi connectivity index (χ1v) is 11.5. The van der Waals surface area contributed by atoms with Crippen molar-refractivity contribution in [3.63, 3.8) is 0 Å². The second kappa shape index (κ2) is 9.63. The predicted octanol–water partition coefficient (Wildman–Crippen LogP) is 1.21. The minimum atomic E-state index is -4.14. The highest BCUT2D eigenvalue weighted by Crippen LogP contribution is 2.29. The number of amides is 1. The van der Waals surface area contributed by atoms with E-state index >= 15 is 0 Å². The quantitative estimate of drug-likeness (QED) is 0.365. The number of carbonyl (C=O) groups is 1. The molecule has 0 fully saturated rings. The van der Waals surface area contributed by atoms with Gasteiger partial charge in [0.2, 0.25) is 5.91 Å². The van der Waals surface area contributed by atoms with Crippen LogP contribution in [0, 0.1) is 0 Å². The molecule has 0 unspecified atom stereocenters. The summed E-state index contributed by atoms with van der Waals surface area (Å²) in [5.41, 5.74) is 2.34. The molecule has 1 aliphatic rings. The van der Waals surface area contributed by atoms with E-state index in [4.69, 9.17) is 14.5 Å². The molecule has 0 aliphatic carbocycles. The van der Waals surface area contributed by atoms with Crippen LogP contribution >= 0.6 is 0 Å². The second-order valence-corrected chi connectivity index (χ2v) is 8.97. The van der Waals surface area contributed by atoms with Gasteiger partial charge in [0.25, 0.3) is 10.0 Å². The van der Waals surface area contributed by atoms with Crippen LogP contribution in [0.3, 0.4) is 0 Å². The maximum atomic E-state index is 13.1. The molecule has 170 valence electrons. The zero-order valence-electron chi connectivity index (χ0n) is 17.4. The SMILES string of the molecule is O=C(CO)Nc1cc(OCc2ccccc2)ccc1S(=O)(=O)Nc1ccc2c(c1)B(O)OC2. The number of hydrogen-bond acceptors (Lipinski definition) is 7. The Hall–Kier alpha value is -3.38. The van der Waals surface area contributed by atoms with E-state index in [2.05, 4.69) is 10.0 Å². The van der Waals surface area contributed by atoms with Crippen LogP contribution in [-0.4, -0.2) is 38.2 Å². The lowest BCUT2D eigenvalue weighted by Crippen LogP contribution is -2.28. The number of hydrogen-bond donors (Lipinski definition) is 4. The van der Waals surface area contributed by atoms with Gasteiger partial charge in [-0.1, -0.05) is 36.4 Å². The van der Waals surface area contributed by atoms with Crippen LogP contribution in [0.5, 0.6) is 5.75 Å². The van der Waals surface area contributed by atoms with E-state index in [1.54, 1.807) is 12.1 Å². The number of rotatable bonds is 8. The number of anilines is 2. The van der Waals surface area contributed by atoms with Crippen molar-refractivity contribution in [2.24, 2.45) is 0 Å². The highest BCUT2D eigenvalue weighted by molar-refractivity contribution is 7.92. The third-order valence-electron chi connectivity index (χ3n) is 4.97. The number of sulfonamides is 1. The largest absolute Gasteiger partial charge is 0.491 e. The van der Waals surface area contributed by atoms with Gasteiger partial charge in [-0.25, -0.2) is 8.42 Å². The number of aliphatic hydroxyl groups is 1. The van der Waals surface area contributed by atoms with Crippen molar-refractivity contribution < 1.29 is 32.7 Å². The van der Waals surface area contributed by atoms with E-state index in [-0.39, 0.29) is 29.5 Å². The van der Waals surface area contributed by atoms with Gasteiger partial charge in [0.15, 0.2) is 0 Å². The first-order chi connectivity index (χ1) is 15.9. The Morgan fingerprint density at radius 3 is 2.64 bits per heavy atom. The molecule has 1 heterocycles. The fourth-order valence-corrected chi connectivity index (χ4v) is 4.54. The van der Waals surface area contributed by atoms with Crippen molar-refractivity contribution in [3.05, 3.63) is 77.9 Å². The zero-order chi connectivity index (χ0) is 23.4. The van der Waals surface area contributed by atoms with E-state index in [9.17, 15) is 18.2 Å². The molecule has 0 saturated heterocycles. The Bertz CT molecular complexity index is 1270. The first-order valence-electron chi connectivity index (χ1n) is 10.0. The monoisotopic (exact) mass is 468 g/mol. The molecule has 0 saturated carbocycles. The molecule has 11 heteroatoms. The highest BCUT2D eigenvalue weighted by atomic mass is 32.2. The highest BCUT2D eigenvalue weighted by Gasteiger charge is 2.28. The molecular weight excluding hydrogens is 447 g/mol. The van der Waals surface area contributed by atoms with Crippen molar-refractivity contribution in [2.45, 2.75) is 18.1 Å². The smallest absolute Gasteiger partial charge is 0.489 e. The van der Waals surface area contributed by atoms with Gasteiger partial charge in [-0.05, 0) is 40.9 Å². The summed E-state index contributed by atoms with van der Waals surface area (Å²) < 4.78 is 39.5. The topological polar surface area (TPSA) is 134 Å². The minimum absolute atomic E-state index is 0.0448. The summed E-state index contributed by atoms with van der Waals surface area (Å²) in [5.74, 6) is -0.437. The Kier molecular flexibility index (Phi) is 6.66. The number of carbonyl (C=O) groups excluding carboxylic acids is 1. The molecule has 3 aromatic rings. The zero-order valence-corrected chi connectivity index (χ0v) is 18.2. The first kappa shape index (κ1) is 22.8. The van der Waals surface area contributed by atoms with E-state index < -0.39 is 29.7 Å². The van der Waals surface area contributed by atoms with Gasteiger partial charge in [-0.3, -0.25) is 9.52 Å². The van der Waals surface area contributed by atoms with Crippen LogP contribution in [0.15, 0.2) is 71.6 Å². The van der Waals surface area contributed by atoms with Crippen molar-refractivity contribution in [1.82, 2.24) is 0 Å². The Morgan fingerprint density at radius 1 is 1.09 bits per heavy atom. The number of nitrogens with one attached hydrogen (secondary N) is 2. The summed E-state index contributed by atoms with van der Waals surface area (Å²) >= 11 is 0. The van der Waals surface area contributed by atoms with Crippen LogP contribution in [0.25, 0.3) is 0 Å². The molecule has 0 atom stereocenters. The van der Waals surface area contributed by atoms with Gasteiger partial charge in [0, 0.05) is 11.8 Å². The summed E-state index contributed by atoms with van der Waals surface area (Å²) in [6.07, 6.45) is 0. The fourth-order valence-electron chi connectivity index (χ4n) is 3.35. The summed E-state index contributed by atoms with van der Waals surface area (Å²) in [4.78, 5) is 11.6. The van der Waals surface area contributed by atoms with Gasteiger partial charge in [0.05, 0.1) is 12.3 Å². The molecule has 33 heavy (non-hydrogen) atoms. The van der Waals surface area contributed by atoms with Gasteiger partial charge in [-0.15, -0.1) is 0 Å². The third-order valence-corrected chi connectivity index (χ3v) is 6.41. The van der Waals surface area contributed by atoms with Crippen LogP contribution < -0.4 is 20.2 Å². The second-order valence-electron chi connectivity index (χ2n) is 7.32.